The first-order chi connectivity index (χ1) is 10.1. The highest BCUT2D eigenvalue weighted by molar-refractivity contribution is 5.63. The van der Waals surface area contributed by atoms with Crippen LogP contribution < -0.4 is 5.73 Å². The smallest absolute Gasteiger partial charge is 0.163 e. The highest BCUT2D eigenvalue weighted by Gasteiger charge is 2.35. The average Bonchev–Trinajstić information content (AvgIpc) is 2.51. The van der Waals surface area contributed by atoms with Crippen molar-refractivity contribution in [2.45, 2.75) is 31.8 Å². The van der Waals surface area contributed by atoms with Gasteiger partial charge in [-0.25, -0.2) is 0 Å². The summed E-state index contributed by atoms with van der Waals surface area (Å²) in [6, 6.07) is 18.6. The molecule has 2 N–H and O–H groups in total. The molecule has 1 saturated heterocycles. The molecule has 2 aromatic rings. The molecule has 3 rings (SSSR count). The van der Waals surface area contributed by atoms with Gasteiger partial charge in [-0.15, -0.1) is 0 Å². The molecule has 0 aromatic heterocycles. The molecule has 110 valence electrons. The maximum atomic E-state index is 6.13. The summed E-state index contributed by atoms with van der Waals surface area (Å²) >= 11 is 0. The maximum Gasteiger partial charge on any atom is 0.163 e. The van der Waals surface area contributed by atoms with Gasteiger partial charge < -0.3 is 15.2 Å². The number of ether oxygens (including phenoxy) is 2. The summed E-state index contributed by atoms with van der Waals surface area (Å²) in [5, 5.41) is 0. The zero-order valence-corrected chi connectivity index (χ0v) is 12.5. The fourth-order valence-electron chi connectivity index (χ4n) is 2.62. The molecule has 0 amide bonds. The van der Waals surface area contributed by atoms with Crippen molar-refractivity contribution in [1.29, 1.82) is 0 Å². The molecular weight excluding hydrogens is 262 g/mol. The van der Waals surface area contributed by atoms with E-state index in [9.17, 15) is 0 Å². The second-order valence-corrected chi connectivity index (χ2v) is 5.90. The highest BCUT2D eigenvalue weighted by atomic mass is 16.7. The first-order valence-electron chi connectivity index (χ1n) is 7.28. The first-order valence-corrected chi connectivity index (χ1v) is 7.28. The normalized spacial score (nSPS) is 24.7. The summed E-state index contributed by atoms with van der Waals surface area (Å²) in [6.07, 6.45) is -0.126. The van der Waals surface area contributed by atoms with Crippen LogP contribution >= 0.6 is 0 Å². The van der Waals surface area contributed by atoms with Crippen molar-refractivity contribution in [3.8, 4) is 11.1 Å². The number of hydrogen-bond donors (Lipinski definition) is 1. The van der Waals surface area contributed by atoms with Gasteiger partial charge in [-0.1, -0.05) is 54.6 Å². The number of benzene rings is 2. The lowest BCUT2D eigenvalue weighted by Crippen LogP contribution is -2.48. The molecule has 3 nitrogen and oxygen atoms in total. The Morgan fingerprint density at radius 3 is 2.24 bits per heavy atom. The van der Waals surface area contributed by atoms with E-state index < -0.39 is 5.79 Å². The number of hydrogen-bond acceptors (Lipinski definition) is 3. The van der Waals surface area contributed by atoms with Gasteiger partial charge in [0.15, 0.2) is 5.79 Å². The van der Waals surface area contributed by atoms with Crippen LogP contribution in [0.15, 0.2) is 54.6 Å². The van der Waals surface area contributed by atoms with E-state index in [1.807, 2.05) is 32.0 Å². The van der Waals surface area contributed by atoms with Crippen LogP contribution in [-0.4, -0.2) is 18.4 Å². The number of rotatable bonds is 2. The second-order valence-electron chi connectivity index (χ2n) is 5.90. The summed E-state index contributed by atoms with van der Waals surface area (Å²) in [5.74, 6) is -0.585. The van der Waals surface area contributed by atoms with E-state index in [1.54, 1.807) is 0 Å². The fraction of sp³-hybridized carbons (Fsp3) is 0.333. The van der Waals surface area contributed by atoms with Crippen LogP contribution in [-0.2, 0) is 9.47 Å². The average molecular weight is 283 g/mol. The predicted molar refractivity (Wildman–Crippen MR) is 83.7 cm³/mol. The predicted octanol–water partition coefficient (Wildman–Crippen LogP) is 3.50. The van der Waals surface area contributed by atoms with E-state index in [0.29, 0.717) is 6.61 Å². The number of nitrogens with two attached hydrogens (primary N) is 1. The summed E-state index contributed by atoms with van der Waals surface area (Å²) in [7, 11) is 0. The standard InChI is InChI=1S/C18H21NO2/c1-18(2)20-12-16(19)17(21-18)15-10-8-14(9-11-15)13-6-4-3-5-7-13/h3-11,16-17H,12,19H2,1-2H3/t16-,17-/m1/s1. The molecule has 21 heavy (non-hydrogen) atoms. The largest absolute Gasteiger partial charge is 0.349 e. The van der Waals surface area contributed by atoms with Crippen molar-refractivity contribution in [3.63, 3.8) is 0 Å². The fourth-order valence-corrected chi connectivity index (χ4v) is 2.62. The maximum absolute atomic E-state index is 6.13. The third kappa shape index (κ3) is 3.16. The van der Waals surface area contributed by atoms with Crippen molar-refractivity contribution in [2.75, 3.05) is 6.61 Å². The van der Waals surface area contributed by atoms with Crippen molar-refractivity contribution in [2.24, 2.45) is 5.73 Å². The minimum Gasteiger partial charge on any atom is -0.349 e. The molecular formula is C18H21NO2. The van der Waals surface area contributed by atoms with Crippen molar-refractivity contribution in [3.05, 3.63) is 60.2 Å². The molecule has 1 aliphatic rings. The minimum atomic E-state index is -0.585. The van der Waals surface area contributed by atoms with E-state index in [0.717, 1.165) is 5.56 Å². The Kier molecular flexibility index (Phi) is 3.81. The molecule has 2 atom stereocenters. The van der Waals surface area contributed by atoms with E-state index >= 15 is 0 Å². The molecule has 0 unspecified atom stereocenters. The van der Waals surface area contributed by atoms with Gasteiger partial charge in [-0.05, 0) is 30.5 Å². The monoisotopic (exact) mass is 283 g/mol. The van der Waals surface area contributed by atoms with Gasteiger partial charge in [0.05, 0.1) is 12.6 Å². The van der Waals surface area contributed by atoms with E-state index in [4.69, 9.17) is 15.2 Å². The van der Waals surface area contributed by atoms with E-state index in [-0.39, 0.29) is 12.1 Å². The zero-order chi connectivity index (χ0) is 14.9. The molecule has 0 bridgehead atoms. The van der Waals surface area contributed by atoms with Crippen molar-refractivity contribution < 1.29 is 9.47 Å². The van der Waals surface area contributed by atoms with Crippen LogP contribution in [0.4, 0.5) is 0 Å². The molecule has 2 aromatic carbocycles. The zero-order valence-electron chi connectivity index (χ0n) is 12.5. The van der Waals surface area contributed by atoms with Gasteiger partial charge >= 0.3 is 0 Å². The van der Waals surface area contributed by atoms with Crippen molar-refractivity contribution >= 4 is 0 Å². The summed E-state index contributed by atoms with van der Waals surface area (Å²) < 4.78 is 11.5. The molecule has 1 heterocycles. The van der Waals surface area contributed by atoms with Crippen LogP contribution in [0.5, 0.6) is 0 Å². The van der Waals surface area contributed by atoms with Gasteiger partial charge in [0.1, 0.15) is 6.10 Å². The summed E-state index contributed by atoms with van der Waals surface area (Å²) in [5.41, 5.74) is 9.63. The van der Waals surface area contributed by atoms with Crippen LogP contribution in [0.1, 0.15) is 25.5 Å². The topological polar surface area (TPSA) is 44.5 Å². The van der Waals surface area contributed by atoms with Crippen molar-refractivity contribution in [1.82, 2.24) is 0 Å². The molecule has 0 radical (unpaired) electrons. The Balaban J connectivity index is 1.84. The Bertz CT molecular complexity index is 592. The lowest BCUT2D eigenvalue weighted by Gasteiger charge is -2.39. The first kappa shape index (κ1) is 14.3. The third-order valence-electron chi connectivity index (χ3n) is 3.77. The summed E-state index contributed by atoms with van der Waals surface area (Å²) in [4.78, 5) is 0. The second kappa shape index (κ2) is 5.60. The Morgan fingerprint density at radius 1 is 0.952 bits per heavy atom. The molecule has 0 aliphatic carbocycles. The van der Waals surface area contributed by atoms with Crippen LogP contribution in [0.2, 0.25) is 0 Å². The van der Waals surface area contributed by atoms with Gasteiger partial charge in [0.25, 0.3) is 0 Å². The van der Waals surface area contributed by atoms with Gasteiger partial charge in [-0.2, -0.15) is 0 Å². The lowest BCUT2D eigenvalue weighted by atomic mass is 9.98. The molecule has 1 fully saturated rings. The van der Waals surface area contributed by atoms with Crippen LogP contribution in [0.3, 0.4) is 0 Å². The van der Waals surface area contributed by atoms with Crippen LogP contribution in [0.25, 0.3) is 11.1 Å². The lowest BCUT2D eigenvalue weighted by molar-refractivity contribution is -0.281. The molecule has 0 saturated carbocycles. The Hall–Kier alpha value is -1.68. The Labute approximate surface area is 125 Å². The van der Waals surface area contributed by atoms with Gasteiger partial charge in [0.2, 0.25) is 0 Å². The van der Waals surface area contributed by atoms with E-state index in [1.165, 1.54) is 11.1 Å². The van der Waals surface area contributed by atoms with Gasteiger partial charge in [0, 0.05) is 0 Å². The summed E-state index contributed by atoms with van der Waals surface area (Å²) in [6.45, 7) is 4.35. The third-order valence-corrected chi connectivity index (χ3v) is 3.77. The van der Waals surface area contributed by atoms with Gasteiger partial charge in [-0.3, -0.25) is 0 Å². The minimum absolute atomic E-state index is 0.126. The van der Waals surface area contributed by atoms with E-state index in [2.05, 4.69) is 36.4 Å². The molecule has 1 aliphatic heterocycles. The highest BCUT2D eigenvalue weighted by Crippen LogP contribution is 2.33. The molecule has 0 spiro atoms. The van der Waals surface area contributed by atoms with Crippen LogP contribution in [0, 0.1) is 0 Å². The molecule has 3 heteroatoms. The Morgan fingerprint density at radius 2 is 1.57 bits per heavy atom. The quantitative estimate of drug-likeness (QED) is 0.917. The SMILES string of the molecule is CC1(C)OC[C@@H](N)[C@@H](c2ccc(-c3ccccc3)cc2)O1.